The van der Waals surface area contributed by atoms with Crippen molar-refractivity contribution in [2.45, 2.75) is 18.9 Å². The van der Waals surface area contributed by atoms with Crippen LogP contribution in [0.3, 0.4) is 0 Å². The van der Waals surface area contributed by atoms with E-state index in [4.69, 9.17) is 21.1 Å². The van der Waals surface area contributed by atoms with E-state index in [1.807, 2.05) is 11.4 Å². The zero-order valence-electron chi connectivity index (χ0n) is 9.06. The van der Waals surface area contributed by atoms with Crippen molar-refractivity contribution in [1.82, 2.24) is 9.97 Å². The van der Waals surface area contributed by atoms with Crippen molar-refractivity contribution in [3.8, 4) is 5.88 Å². The molecule has 0 aromatic carbocycles. The SMILES string of the molecule is Clc1nc(OC2CCOCC2)c2ccsc2n1. The van der Waals surface area contributed by atoms with Gasteiger partial charge in [-0.3, -0.25) is 0 Å². The highest BCUT2D eigenvalue weighted by molar-refractivity contribution is 7.16. The van der Waals surface area contributed by atoms with Crippen LogP contribution in [0.15, 0.2) is 11.4 Å². The van der Waals surface area contributed by atoms with E-state index in [0.29, 0.717) is 5.88 Å². The standard InChI is InChI=1S/C11H11ClN2O2S/c12-11-13-9(8-3-6-17-10(8)14-11)16-7-1-4-15-5-2-7/h3,6-7H,1-2,4-5H2. The molecule has 0 aliphatic carbocycles. The van der Waals surface area contributed by atoms with Gasteiger partial charge in [0.25, 0.3) is 0 Å². The molecule has 0 amide bonds. The summed E-state index contributed by atoms with van der Waals surface area (Å²) in [5.74, 6) is 0.591. The van der Waals surface area contributed by atoms with Gasteiger partial charge in [0, 0.05) is 12.8 Å². The Morgan fingerprint density at radius 1 is 1.35 bits per heavy atom. The van der Waals surface area contributed by atoms with Gasteiger partial charge >= 0.3 is 0 Å². The third-order valence-electron chi connectivity index (χ3n) is 2.71. The summed E-state index contributed by atoms with van der Waals surface area (Å²) < 4.78 is 11.2. The molecule has 1 aliphatic heterocycles. The summed E-state index contributed by atoms with van der Waals surface area (Å²) in [5.41, 5.74) is 0. The first-order chi connectivity index (χ1) is 8.33. The second-order valence-corrected chi connectivity index (χ2v) is 5.10. The molecule has 6 heteroatoms. The first kappa shape index (κ1) is 11.2. The normalized spacial score (nSPS) is 17.5. The highest BCUT2D eigenvalue weighted by atomic mass is 35.5. The van der Waals surface area contributed by atoms with Gasteiger partial charge in [0.1, 0.15) is 10.9 Å². The zero-order valence-corrected chi connectivity index (χ0v) is 10.6. The van der Waals surface area contributed by atoms with Crippen molar-refractivity contribution >= 4 is 33.2 Å². The number of halogens is 1. The van der Waals surface area contributed by atoms with Crippen molar-refractivity contribution < 1.29 is 9.47 Å². The molecule has 3 heterocycles. The van der Waals surface area contributed by atoms with Crippen LogP contribution in [0.2, 0.25) is 5.28 Å². The van der Waals surface area contributed by atoms with Gasteiger partial charge in [0.05, 0.1) is 18.6 Å². The molecular weight excluding hydrogens is 260 g/mol. The lowest BCUT2D eigenvalue weighted by atomic mass is 10.1. The largest absolute Gasteiger partial charge is 0.474 e. The maximum atomic E-state index is 5.90. The lowest BCUT2D eigenvalue weighted by Gasteiger charge is -2.22. The summed E-state index contributed by atoms with van der Waals surface area (Å²) in [5, 5.41) is 3.14. The summed E-state index contributed by atoms with van der Waals surface area (Å²) >= 11 is 7.42. The van der Waals surface area contributed by atoms with E-state index in [-0.39, 0.29) is 11.4 Å². The molecule has 1 saturated heterocycles. The van der Waals surface area contributed by atoms with Gasteiger partial charge in [-0.15, -0.1) is 11.3 Å². The molecule has 1 fully saturated rings. The van der Waals surface area contributed by atoms with Crippen LogP contribution in [0, 0.1) is 0 Å². The molecule has 4 nitrogen and oxygen atoms in total. The smallest absolute Gasteiger partial charge is 0.227 e. The first-order valence-electron chi connectivity index (χ1n) is 5.48. The minimum atomic E-state index is 0.165. The van der Waals surface area contributed by atoms with E-state index >= 15 is 0 Å². The number of hydrogen-bond acceptors (Lipinski definition) is 5. The molecule has 0 unspecified atom stereocenters. The maximum Gasteiger partial charge on any atom is 0.227 e. The second kappa shape index (κ2) is 4.76. The fourth-order valence-electron chi connectivity index (χ4n) is 1.84. The number of fused-ring (bicyclic) bond motifs is 1. The number of ether oxygens (including phenoxy) is 2. The van der Waals surface area contributed by atoms with Crippen LogP contribution in [-0.2, 0) is 4.74 Å². The minimum Gasteiger partial charge on any atom is -0.474 e. The van der Waals surface area contributed by atoms with E-state index in [9.17, 15) is 0 Å². The van der Waals surface area contributed by atoms with Crippen LogP contribution in [-0.4, -0.2) is 29.3 Å². The average Bonchev–Trinajstić information content (AvgIpc) is 2.78. The molecule has 0 atom stereocenters. The van der Waals surface area contributed by atoms with E-state index in [1.54, 1.807) is 0 Å². The minimum absolute atomic E-state index is 0.165. The second-order valence-electron chi connectivity index (χ2n) is 3.87. The fraction of sp³-hybridized carbons (Fsp3) is 0.455. The molecule has 0 bridgehead atoms. The zero-order chi connectivity index (χ0) is 11.7. The molecular formula is C11H11ClN2O2S. The van der Waals surface area contributed by atoms with Crippen molar-refractivity contribution in [3.63, 3.8) is 0 Å². The summed E-state index contributed by atoms with van der Waals surface area (Å²) in [4.78, 5) is 9.19. The van der Waals surface area contributed by atoms with Crippen molar-refractivity contribution in [1.29, 1.82) is 0 Å². The Labute approximate surface area is 108 Å². The quantitative estimate of drug-likeness (QED) is 0.787. The highest BCUT2D eigenvalue weighted by Gasteiger charge is 2.18. The van der Waals surface area contributed by atoms with Crippen LogP contribution in [0.5, 0.6) is 5.88 Å². The molecule has 0 N–H and O–H groups in total. The van der Waals surface area contributed by atoms with Crippen LogP contribution in [0.1, 0.15) is 12.8 Å². The number of nitrogens with zero attached hydrogens (tertiary/aromatic N) is 2. The Bertz CT molecular complexity index is 525. The molecule has 0 radical (unpaired) electrons. The van der Waals surface area contributed by atoms with Gasteiger partial charge in [0.15, 0.2) is 0 Å². The molecule has 17 heavy (non-hydrogen) atoms. The van der Waals surface area contributed by atoms with Gasteiger partial charge in [0.2, 0.25) is 11.2 Å². The van der Waals surface area contributed by atoms with Gasteiger partial charge in [-0.2, -0.15) is 4.98 Å². The topological polar surface area (TPSA) is 44.2 Å². The maximum absolute atomic E-state index is 5.90. The average molecular weight is 271 g/mol. The Balaban J connectivity index is 1.90. The van der Waals surface area contributed by atoms with E-state index in [1.165, 1.54) is 11.3 Å². The summed E-state index contributed by atoms with van der Waals surface area (Å²) in [6, 6.07) is 1.96. The van der Waals surface area contributed by atoms with Crippen LogP contribution in [0.4, 0.5) is 0 Å². The first-order valence-corrected chi connectivity index (χ1v) is 6.74. The van der Waals surface area contributed by atoms with Gasteiger partial charge in [-0.1, -0.05) is 0 Å². The van der Waals surface area contributed by atoms with Gasteiger partial charge in [-0.25, -0.2) is 4.98 Å². The van der Waals surface area contributed by atoms with E-state index < -0.39 is 0 Å². The molecule has 0 spiro atoms. The Morgan fingerprint density at radius 2 is 2.18 bits per heavy atom. The number of aromatic nitrogens is 2. The van der Waals surface area contributed by atoms with Gasteiger partial charge < -0.3 is 9.47 Å². The predicted molar refractivity (Wildman–Crippen MR) is 66.9 cm³/mol. The molecule has 1 aliphatic rings. The monoisotopic (exact) mass is 270 g/mol. The van der Waals surface area contributed by atoms with Crippen molar-refractivity contribution in [2.75, 3.05) is 13.2 Å². The third kappa shape index (κ3) is 2.36. The summed E-state index contributed by atoms with van der Waals surface area (Å²) in [6.45, 7) is 1.49. The summed E-state index contributed by atoms with van der Waals surface area (Å²) in [7, 11) is 0. The molecule has 3 rings (SSSR count). The lowest BCUT2D eigenvalue weighted by molar-refractivity contribution is 0.0244. The molecule has 0 saturated carbocycles. The van der Waals surface area contributed by atoms with Crippen molar-refractivity contribution in [2.24, 2.45) is 0 Å². The Kier molecular flexibility index (Phi) is 3.13. The van der Waals surface area contributed by atoms with Crippen LogP contribution in [0.25, 0.3) is 10.2 Å². The third-order valence-corrected chi connectivity index (χ3v) is 3.69. The van der Waals surface area contributed by atoms with E-state index in [2.05, 4.69) is 9.97 Å². The Hall–Kier alpha value is -0.910. The van der Waals surface area contributed by atoms with Crippen molar-refractivity contribution in [3.05, 3.63) is 16.7 Å². The highest BCUT2D eigenvalue weighted by Crippen LogP contribution is 2.29. The molecule has 90 valence electrons. The molecule has 2 aromatic rings. The fourth-order valence-corrected chi connectivity index (χ4v) is 2.81. The van der Waals surface area contributed by atoms with Crippen LogP contribution < -0.4 is 4.74 Å². The number of thiophene rings is 1. The van der Waals surface area contributed by atoms with E-state index in [0.717, 1.165) is 36.3 Å². The molecule has 2 aromatic heterocycles. The van der Waals surface area contributed by atoms with Gasteiger partial charge in [-0.05, 0) is 23.0 Å². The summed E-state index contributed by atoms with van der Waals surface area (Å²) in [6.07, 6.45) is 1.96. The number of rotatable bonds is 2. The lowest BCUT2D eigenvalue weighted by Crippen LogP contribution is -2.26. The Morgan fingerprint density at radius 3 is 3.00 bits per heavy atom. The predicted octanol–water partition coefficient (Wildman–Crippen LogP) is 2.90. The van der Waals surface area contributed by atoms with Crippen LogP contribution >= 0.6 is 22.9 Å². The number of hydrogen-bond donors (Lipinski definition) is 0.